The minimum atomic E-state index is -1.29. The Hall–Kier alpha value is -5.41. The Morgan fingerprint density at radius 2 is 1.88 bits per heavy atom. The van der Waals surface area contributed by atoms with Gasteiger partial charge in [-0.25, -0.2) is 14.2 Å². The molecule has 2 saturated heterocycles. The molecule has 2 fully saturated rings. The first-order valence-corrected chi connectivity index (χ1v) is 17.2. The van der Waals surface area contributed by atoms with Crippen LogP contribution < -0.4 is 20.4 Å². The number of halogens is 1. The van der Waals surface area contributed by atoms with Crippen molar-refractivity contribution >= 4 is 51.6 Å². The number of thiazole rings is 1. The number of carbonyl (C=O) groups is 4. The number of fused-ring (bicyclic) bond motifs is 1. The Labute approximate surface area is 291 Å². The lowest BCUT2D eigenvalue weighted by Gasteiger charge is -2.38. The lowest BCUT2D eigenvalue weighted by Crippen LogP contribution is -2.49. The Balaban J connectivity index is 0.996. The average Bonchev–Trinajstić information content (AvgIpc) is 3.74. The number of aromatic hydroxyl groups is 1. The number of piperidine rings is 1. The summed E-state index contributed by atoms with van der Waals surface area (Å²) in [5.41, 5.74) is 3.62. The number of pyridine rings is 1. The van der Waals surface area contributed by atoms with Gasteiger partial charge in [-0.1, -0.05) is 6.07 Å². The van der Waals surface area contributed by atoms with Crippen molar-refractivity contribution in [3.05, 3.63) is 94.5 Å². The molecule has 13 nitrogen and oxygen atoms in total. The van der Waals surface area contributed by atoms with Gasteiger partial charge in [0, 0.05) is 73.6 Å². The largest absolute Gasteiger partial charge is 0.508 e. The van der Waals surface area contributed by atoms with Crippen LogP contribution >= 0.6 is 11.3 Å². The van der Waals surface area contributed by atoms with E-state index in [9.17, 15) is 28.7 Å². The lowest BCUT2D eigenvalue weighted by molar-refractivity contribution is -0.121. The summed E-state index contributed by atoms with van der Waals surface area (Å²) in [4.78, 5) is 67.1. The molecule has 0 spiro atoms. The van der Waals surface area contributed by atoms with Crippen LogP contribution in [0.2, 0.25) is 0 Å². The number of anilines is 3. The number of hydrogen-bond acceptors (Lipinski definition) is 10. The maximum atomic E-state index is 14.4. The molecule has 2 aromatic carbocycles. The van der Waals surface area contributed by atoms with Crippen molar-refractivity contribution in [2.24, 2.45) is 0 Å². The van der Waals surface area contributed by atoms with Crippen molar-refractivity contribution in [3.63, 3.8) is 0 Å². The molecular weight excluding hydrogens is 664 g/mol. The van der Waals surface area contributed by atoms with E-state index >= 15 is 0 Å². The monoisotopic (exact) mass is 698 g/mol. The molecule has 0 radical (unpaired) electrons. The second kappa shape index (κ2) is 13.8. The van der Waals surface area contributed by atoms with E-state index in [1.54, 1.807) is 11.6 Å². The summed E-state index contributed by atoms with van der Waals surface area (Å²) in [5.74, 6) is -2.19. The maximum Gasteiger partial charge on any atom is 0.328 e. The van der Waals surface area contributed by atoms with Gasteiger partial charge in [-0.05, 0) is 67.9 Å². The molecule has 2 aromatic heterocycles. The van der Waals surface area contributed by atoms with E-state index in [2.05, 4.69) is 37.4 Å². The minimum Gasteiger partial charge on any atom is -0.508 e. The van der Waals surface area contributed by atoms with Crippen LogP contribution in [0.5, 0.6) is 5.75 Å². The molecule has 1 atom stereocenters. The number of benzene rings is 2. The van der Waals surface area contributed by atoms with Crippen LogP contribution in [0.3, 0.4) is 0 Å². The maximum absolute atomic E-state index is 14.4. The highest BCUT2D eigenvalue weighted by atomic mass is 32.1. The molecule has 0 saturated carbocycles. The number of nitrogens with one attached hydrogen (secondary N) is 2. The van der Waals surface area contributed by atoms with E-state index < -0.39 is 23.8 Å². The standard InChI is InChI=1S/C35H35FN8O5S/c1-41(20-23-4-6-26(18-38-23)43-14-10-30(46)39-35(43)49)24-8-12-42(13-9-24)25-5-2-21-19-44(33(48)27(21)17-25)31(28-16-22(36)3-7-29(28)45)32(47)40-34-37-11-15-50-34/h2-7,11,15-18,24,31,45H,8-10,12-14,19-20H2,1H3,(H,37,40,47)(H,39,46,49). The third-order valence-corrected chi connectivity index (χ3v) is 10.2. The van der Waals surface area contributed by atoms with E-state index in [1.807, 2.05) is 30.3 Å². The van der Waals surface area contributed by atoms with Crippen LogP contribution in [0.1, 0.15) is 52.5 Å². The summed E-state index contributed by atoms with van der Waals surface area (Å²) < 4.78 is 14.4. The first-order chi connectivity index (χ1) is 24.1. The van der Waals surface area contributed by atoms with Crippen LogP contribution in [0.25, 0.3) is 0 Å². The van der Waals surface area contributed by atoms with E-state index in [4.69, 9.17) is 0 Å². The molecule has 3 aliphatic heterocycles. The zero-order valence-corrected chi connectivity index (χ0v) is 28.0. The van der Waals surface area contributed by atoms with Crippen molar-refractivity contribution in [1.82, 2.24) is 25.1 Å². The second-order valence-electron chi connectivity index (χ2n) is 12.6. The van der Waals surface area contributed by atoms with Crippen molar-refractivity contribution in [2.45, 2.75) is 44.4 Å². The number of imide groups is 1. The van der Waals surface area contributed by atoms with Crippen LogP contribution in [-0.2, 0) is 22.7 Å². The summed E-state index contributed by atoms with van der Waals surface area (Å²) in [6, 6.07) is 11.4. The van der Waals surface area contributed by atoms with Gasteiger partial charge in [0.2, 0.25) is 5.91 Å². The molecule has 1 unspecified atom stereocenters. The van der Waals surface area contributed by atoms with Gasteiger partial charge in [0.05, 0.1) is 17.6 Å². The fourth-order valence-corrected chi connectivity index (χ4v) is 7.33. The third kappa shape index (κ3) is 6.73. The molecule has 0 bridgehead atoms. The second-order valence-corrected chi connectivity index (χ2v) is 13.5. The van der Waals surface area contributed by atoms with Gasteiger partial charge in [0.25, 0.3) is 11.8 Å². The highest BCUT2D eigenvalue weighted by Gasteiger charge is 2.39. The van der Waals surface area contributed by atoms with Gasteiger partial charge in [-0.15, -0.1) is 11.3 Å². The summed E-state index contributed by atoms with van der Waals surface area (Å²) in [5, 5.41) is 17.7. The van der Waals surface area contributed by atoms with Crippen LogP contribution in [0.15, 0.2) is 66.3 Å². The summed E-state index contributed by atoms with van der Waals surface area (Å²) in [7, 11) is 2.07. The van der Waals surface area contributed by atoms with E-state index in [1.165, 1.54) is 33.4 Å². The molecule has 0 aliphatic carbocycles. The first-order valence-electron chi connectivity index (χ1n) is 16.3. The topological polar surface area (TPSA) is 151 Å². The molecule has 3 N–H and O–H groups in total. The van der Waals surface area contributed by atoms with Gasteiger partial charge >= 0.3 is 6.03 Å². The zero-order chi connectivity index (χ0) is 34.9. The van der Waals surface area contributed by atoms with Crippen LogP contribution in [0.4, 0.5) is 25.7 Å². The van der Waals surface area contributed by atoms with Gasteiger partial charge < -0.3 is 14.9 Å². The highest BCUT2D eigenvalue weighted by Crippen LogP contribution is 2.38. The van der Waals surface area contributed by atoms with E-state index in [0.29, 0.717) is 35.5 Å². The van der Waals surface area contributed by atoms with Crippen molar-refractivity contribution in [2.75, 3.05) is 41.8 Å². The Bertz CT molecular complexity index is 1930. The predicted molar refractivity (Wildman–Crippen MR) is 184 cm³/mol. The van der Waals surface area contributed by atoms with Crippen molar-refractivity contribution in [3.8, 4) is 5.75 Å². The van der Waals surface area contributed by atoms with Gasteiger partial charge in [0.1, 0.15) is 17.6 Å². The average molecular weight is 699 g/mol. The van der Waals surface area contributed by atoms with Gasteiger partial charge in [0.15, 0.2) is 5.13 Å². The quantitative estimate of drug-likeness (QED) is 0.233. The van der Waals surface area contributed by atoms with Crippen molar-refractivity contribution < 1.29 is 28.7 Å². The number of nitrogens with zero attached hydrogens (tertiary/aromatic N) is 6. The predicted octanol–water partition coefficient (Wildman–Crippen LogP) is 4.27. The number of rotatable bonds is 9. The number of hydrogen-bond donors (Lipinski definition) is 3. The summed E-state index contributed by atoms with van der Waals surface area (Å²) in [6.07, 6.45) is 5.24. The van der Waals surface area contributed by atoms with Crippen LogP contribution in [0, 0.1) is 5.82 Å². The normalized spacial score (nSPS) is 17.3. The number of urea groups is 1. The fraction of sp³-hybridized carbons (Fsp3) is 0.314. The number of phenols is 1. The molecule has 4 aromatic rings. The molecule has 5 heterocycles. The van der Waals surface area contributed by atoms with Gasteiger partial charge in [-0.3, -0.25) is 39.8 Å². The molecule has 50 heavy (non-hydrogen) atoms. The summed E-state index contributed by atoms with van der Waals surface area (Å²) >= 11 is 1.21. The summed E-state index contributed by atoms with van der Waals surface area (Å²) in [6.45, 7) is 2.63. The molecule has 7 rings (SSSR count). The Morgan fingerprint density at radius 3 is 2.60 bits per heavy atom. The number of amides is 5. The van der Waals surface area contributed by atoms with Gasteiger partial charge in [-0.2, -0.15) is 0 Å². The van der Waals surface area contributed by atoms with E-state index in [-0.39, 0.29) is 36.1 Å². The molecule has 3 aliphatic rings. The lowest BCUT2D eigenvalue weighted by atomic mass is 10.0. The molecule has 258 valence electrons. The number of phenolic OH excluding ortho intramolecular Hbond substituents is 1. The molecule has 15 heteroatoms. The smallest absolute Gasteiger partial charge is 0.328 e. The molecular formula is C35H35FN8O5S. The Morgan fingerprint density at radius 1 is 1.08 bits per heavy atom. The van der Waals surface area contributed by atoms with Crippen LogP contribution in [-0.4, -0.2) is 81.4 Å². The van der Waals surface area contributed by atoms with Crippen molar-refractivity contribution in [1.29, 1.82) is 0 Å². The zero-order valence-electron chi connectivity index (χ0n) is 27.2. The van der Waals surface area contributed by atoms with E-state index in [0.717, 1.165) is 55.0 Å². The Kier molecular flexibility index (Phi) is 9.16. The minimum absolute atomic E-state index is 0.00939. The molecule has 5 amide bonds. The first kappa shape index (κ1) is 33.1. The highest BCUT2D eigenvalue weighted by molar-refractivity contribution is 7.13. The number of carbonyl (C=O) groups excluding carboxylic acids is 4. The SMILES string of the molecule is CN(Cc1ccc(N2CCC(=O)NC2=O)cn1)C1CCN(c2ccc3c(c2)C(=O)N(C(C(=O)Nc2nccs2)c2cc(F)ccc2O)C3)CC1. The fourth-order valence-electron chi connectivity index (χ4n) is 6.80. The third-order valence-electron chi connectivity index (χ3n) is 9.47. The number of aromatic nitrogens is 2.